The first-order valence-corrected chi connectivity index (χ1v) is 5.60. The summed E-state index contributed by atoms with van der Waals surface area (Å²) < 4.78 is 1.76. The number of para-hydroxylation sites is 1. The van der Waals surface area contributed by atoms with Gasteiger partial charge in [-0.25, -0.2) is 0 Å². The highest BCUT2D eigenvalue weighted by Crippen LogP contribution is 2.10. The Morgan fingerprint density at radius 1 is 1.44 bits per heavy atom. The fourth-order valence-corrected chi connectivity index (χ4v) is 1.58. The molecule has 0 saturated carbocycles. The molecular weight excluding hydrogens is 230 g/mol. The molecule has 6 nitrogen and oxygen atoms in total. The van der Waals surface area contributed by atoms with E-state index in [2.05, 4.69) is 15.5 Å². The number of hydrogen-bond acceptors (Lipinski definition) is 4. The number of carbonyl (C=O) groups is 1. The Hall–Kier alpha value is -2.37. The van der Waals surface area contributed by atoms with Gasteiger partial charge in [0.2, 0.25) is 5.91 Å². The van der Waals surface area contributed by atoms with Crippen LogP contribution < -0.4 is 11.1 Å². The summed E-state index contributed by atoms with van der Waals surface area (Å²) in [6.45, 7) is 0.363. The zero-order chi connectivity index (χ0) is 13.0. The van der Waals surface area contributed by atoms with Gasteiger partial charge in [-0.15, -0.1) is 10.2 Å². The van der Waals surface area contributed by atoms with Gasteiger partial charge in [0, 0.05) is 12.7 Å². The molecule has 0 aliphatic rings. The molecule has 0 radical (unpaired) electrons. The number of rotatable bonds is 4. The van der Waals surface area contributed by atoms with E-state index >= 15 is 0 Å². The van der Waals surface area contributed by atoms with E-state index in [0.29, 0.717) is 18.1 Å². The van der Waals surface area contributed by atoms with Crippen LogP contribution in [0.5, 0.6) is 0 Å². The lowest BCUT2D eigenvalue weighted by atomic mass is 10.1. The molecule has 1 amide bonds. The normalized spacial score (nSPS) is 10.3. The lowest BCUT2D eigenvalue weighted by Gasteiger charge is -2.06. The van der Waals surface area contributed by atoms with Crippen molar-refractivity contribution in [3.63, 3.8) is 0 Å². The number of anilines is 1. The zero-order valence-corrected chi connectivity index (χ0v) is 10.1. The topological polar surface area (TPSA) is 85.8 Å². The lowest BCUT2D eigenvalue weighted by Crippen LogP contribution is -2.26. The third-order valence-corrected chi connectivity index (χ3v) is 2.65. The van der Waals surface area contributed by atoms with Crippen molar-refractivity contribution in [2.24, 2.45) is 7.05 Å². The fraction of sp³-hybridized carbons (Fsp3) is 0.250. The molecule has 0 unspecified atom stereocenters. The van der Waals surface area contributed by atoms with E-state index in [1.54, 1.807) is 17.0 Å². The number of aryl methyl sites for hydroxylation is 1. The fourth-order valence-electron chi connectivity index (χ4n) is 1.58. The summed E-state index contributed by atoms with van der Waals surface area (Å²) in [7, 11) is 1.83. The summed E-state index contributed by atoms with van der Waals surface area (Å²) in [5, 5.41) is 10.4. The second kappa shape index (κ2) is 5.31. The Kier molecular flexibility index (Phi) is 3.57. The Morgan fingerprint density at radius 3 is 2.89 bits per heavy atom. The number of nitrogen functional groups attached to an aromatic ring is 1. The van der Waals surface area contributed by atoms with Crippen LogP contribution in [0.25, 0.3) is 0 Å². The predicted molar refractivity (Wildman–Crippen MR) is 67.4 cm³/mol. The molecule has 1 aromatic heterocycles. The van der Waals surface area contributed by atoms with Crippen molar-refractivity contribution in [1.29, 1.82) is 0 Å². The number of aromatic nitrogens is 3. The number of amides is 1. The second-order valence-corrected chi connectivity index (χ2v) is 4.01. The quantitative estimate of drug-likeness (QED) is 0.756. The van der Waals surface area contributed by atoms with Crippen LogP contribution in [0.2, 0.25) is 0 Å². The van der Waals surface area contributed by atoms with Crippen molar-refractivity contribution in [3.05, 3.63) is 42.0 Å². The largest absolute Gasteiger partial charge is 0.398 e. The van der Waals surface area contributed by atoms with Gasteiger partial charge in [0.15, 0.2) is 5.82 Å². The predicted octanol–water partition coefficient (Wildman–Crippen LogP) is 0.256. The first-order chi connectivity index (χ1) is 8.66. The van der Waals surface area contributed by atoms with Crippen LogP contribution in [0.3, 0.4) is 0 Å². The van der Waals surface area contributed by atoms with Gasteiger partial charge in [0.1, 0.15) is 6.33 Å². The molecule has 6 heteroatoms. The summed E-state index contributed by atoms with van der Waals surface area (Å²) >= 11 is 0. The zero-order valence-electron chi connectivity index (χ0n) is 10.1. The number of benzene rings is 1. The molecule has 94 valence electrons. The highest BCUT2D eigenvalue weighted by Gasteiger charge is 2.07. The van der Waals surface area contributed by atoms with Gasteiger partial charge in [0.25, 0.3) is 0 Å². The molecule has 1 heterocycles. The van der Waals surface area contributed by atoms with E-state index in [9.17, 15) is 4.79 Å². The molecule has 0 bridgehead atoms. The van der Waals surface area contributed by atoms with Gasteiger partial charge < -0.3 is 15.6 Å². The SMILES string of the molecule is Cn1cnnc1CNC(=O)Cc1ccccc1N. The minimum absolute atomic E-state index is 0.0871. The van der Waals surface area contributed by atoms with Crippen LogP contribution in [0, 0.1) is 0 Å². The molecule has 2 rings (SSSR count). The molecule has 0 aliphatic carbocycles. The maximum absolute atomic E-state index is 11.7. The number of nitrogens with one attached hydrogen (secondary N) is 1. The van der Waals surface area contributed by atoms with E-state index < -0.39 is 0 Å². The molecule has 18 heavy (non-hydrogen) atoms. The molecular formula is C12H15N5O. The van der Waals surface area contributed by atoms with Gasteiger partial charge in [-0.05, 0) is 11.6 Å². The summed E-state index contributed by atoms with van der Waals surface area (Å²) in [6, 6.07) is 7.33. The maximum atomic E-state index is 11.7. The Bertz CT molecular complexity index is 549. The van der Waals surface area contributed by atoms with Crippen molar-refractivity contribution in [1.82, 2.24) is 20.1 Å². The van der Waals surface area contributed by atoms with E-state index in [1.807, 2.05) is 25.2 Å². The summed E-state index contributed by atoms with van der Waals surface area (Å²) in [6.07, 6.45) is 1.86. The average molecular weight is 245 g/mol. The van der Waals surface area contributed by atoms with E-state index in [-0.39, 0.29) is 12.3 Å². The van der Waals surface area contributed by atoms with Gasteiger partial charge >= 0.3 is 0 Å². The monoisotopic (exact) mass is 245 g/mol. The van der Waals surface area contributed by atoms with Crippen LogP contribution in [0.1, 0.15) is 11.4 Å². The van der Waals surface area contributed by atoms with Crippen LogP contribution in [-0.4, -0.2) is 20.7 Å². The standard InChI is InChI=1S/C12H15N5O/c1-17-8-15-16-11(17)7-14-12(18)6-9-4-2-3-5-10(9)13/h2-5,8H,6-7,13H2,1H3,(H,14,18). The van der Waals surface area contributed by atoms with Crippen LogP contribution >= 0.6 is 0 Å². The number of carbonyl (C=O) groups excluding carboxylic acids is 1. The summed E-state index contributed by atoms with van der Waals surface area (Å²) in [5.74, 6) is 0.625. The van der Waals surface area contributed by atoms with Crippen molar-refractivity contribution in [3.8, 4) is 0 Å². The van der Waals surface area contributed by atoms with Crippen molar-refractivity contribution in [2.75, 3.05) is 5.73 Å². The minimum Gasteiger partial charge on any atom is -0.398 e. The van der Waals surface area contributed by atoms with Crippen molar-refractivity contribution in [2.45, 2.75) is 13.0 Å². The highest BCUT2D eigenvalue weighted by molar-refractivity contribution is 5.80. The Morgan fingerprint density at radius 2 is 2.22 bits per heavy atom. The Balaban J connectivity index is 1.90. The van der Waals surface area contributed by atoms with Crippen LogP contribution in [-0.2, 0) is 24.8 Å². The molecule has 1 aromatic carbocycles. The second-order valence-electron chi connectivity index (χ2n) is 4.01. The number of nitrogens with zero attached hydrogens (tertiary/aromatic N) is 3. The van der Waals surface area contributed by atoms with Gasteiger partial charge in [0.05, 0.1) is 13.0 Å². The molecule has 0 fully saturated rings. The molecule has 2 aromatic rings. The van der Waals surface area contributed by atoms with E-state index in [1.165, 1.54) is 0 Å². The van der Waals surface area contributed by atoms with Gasteiger partial charge in [-0.1, -0.05) is 18.2 Å². The molecule has 0 atom stereocenters. The minimum atomic E-state index is -0.0871. The molecule has 0 saturated heterocycles. The first-order valence-electron chi connectivity index (χ1n) is 5.60. The first kappa shape index (κ1) is 12.1. The highest BCUT2D eigenvalue weighted by atomic mass is 16.1. The van der Waals surface area contributed by atoms with Crippen molar-refractivity contribution >= 4 is 11.6 Å². The average Bonchev–Trinajstić information content (AvgIpc) is 2.75. The van der Waals surface area contributed by atoms with Gasteiger partial charge in [-0.2, -0.15) is 0 Å². The van der Waals surface area contributed by atoms with Crippen LogP contribution in [0.4, 0.5) is 5.69 Å². The molecule has 3 N–H and O–H groups in total. The lowest BCUT2D eigenvalue weighted by molar-refractivity contribution is -0.120. The number of hydrogen-bond donors (Lipinski definition) is 2. The third kappa shape index (κ3) is 2.85. The van der Waals surface area contributed by atoms with E-state index in [4.69, 9.17) is 5.73 Å². The third-order valence-electron chi connectivity index (χ3n) is 2.65. The Labute approximate surface area is 105 Å². The van der Waals surface area contributed by atoms with E-state index in [0.717, 1.165) is 5.56 Å². The summed E-state index contributed by atoms with van der Waals surface area (Å²) in [5.41, 5.74) is 7.23. The maximum Gasteiger partial charge on any atom is 0.224 e. The number of nitrogens with two attached hydrogens (primary N) is 1. The van der Waals surface area contributed by atoms with Gasteiger partial charge in [-0.3, -0.25) is 4.79 Å². The van der Waals surface area contributed by atoms with Crippen LogP contribution in [0.15, 0.2) is 30.6 Å². The molecule has 0 spiro atoms. The molecule has 0 aliphatic heterocycles. The smallest absolute Gasteiger partial charge is 0.224 e. The summed E-state index contributed by atoms with van der Waals surface area (Å²) in [4.78, 5) is 11.7. The van der Waals surface area contributed by atoms with Crippen molar-refractivity contribution < 1.29 is 4.79 Å².